The Morgan fingerprint density at radius 3 is 2.67 bits per heavy atom. The molecular formula is C22H26ClNO2S. The number of carbonyl (C=O) groups excluding carboxylic acids is 1. The van der Waals surface area contributed by atoms with Crippen LogP contribution in [0.2, 0.25) is 5.02 Å². The third kappa shape index (κ3) is 4.99. The summed E-state index contributed by atoms with van der Waals surface area (Å²) < 4.78 is 6.14. The molecule has 0 bridgehead atoms. The van der Waals surface area contributed by atoms with Gasteiger partial charge in [-0.25, -0.2) is 0 Å². The molecular weight excluding hydrogens is 378 g/mol. The third-order valence-electron chi connectivity index (χ3n) is 4.70. The average molecular weight is 404 g/mol. The largest absolute Gasteiger partial charge is 0.487 e. The van der Waals surface area contributed by atoms with Crippen molar-refractivity contribution < 1.29 is 9.53 Å². The molecule has 1 aliphatic heterocycles. The predicted molar refractivity (Wildman–Crippen MR) is 113 cm³/mol. The number of aryl methyl sites for hydroxylation is 1. The maximum absolute atomic E-state index is 13.0. The first-order chi connectivity index (χ1) is 12.8. The molecule has 1 heterocycles. The summed E-state index contributed by atoms with van der Waals surface area (Å²) in [7, 11) is 0. The van der Waals surface area contributed by atoms with E-state index in [0.717, 1.165) is 34.6 Å². The summed E-state index contributed by atoms with van der Waals surface area (Å²) in [6, 6.07) is 13.8. The van der Waals surface area contributed by atoms with Crippen molar-refractivity contribution in [2.45, 2.75) is 62.3 Å². The number of nitrogens with one attached hydrogen (secondary N) is 1. The van der Waals surface area contributed by atoms with E-state index in [1.54, 1.807) is 11.8 Å². The van der Waals surface area contributed by atoms with Crippen LogP contribution >= 0.6 is 23.4 Å². The Kier molecular flexibility index (Phi) is 6.07. The molecule has 2 aromatic rings. The standard InChI is InChI=1S/C22H26ClNO2S/c1-5-20(27-16-9-7-15(23)8-10-16)21(25)24-18-13-22(3,4)26-19-12-14(2)6-11-17(18)19/h6-12,18,20H,5,13H2,1-4H3,(H,24,25)/t18-,20+/m1/s1. The van der Waals surface area contributed by atoms with E-state index in [2.05, 4.69) is 44.3 Å². The molecule has 1 N–H and O–H groups in total. The van der Waals surface area contributed by atoms with Gasteiger partial charge >= 0.3 is 0 Å². The van der Waals surface area contributed by atoms with Crippen LogP contribution in [0.3, 0.4) is 0 Å². The van der Waals surface area contributed by atoms with E-state index >= 15 is 0 Å². The summed E-state index contributed by atoms with van der Waals surface area (Å²) in [6.45, 7) is 8.22. The first kappa shape index (κ1) is 20.1. The lowest BCUT2D eigenvalue weighted by Gasteiger charge is -2.38. The van der Waals surface area contributed by atoms with Crippen LogP contribution in [0.1, 0.15) is 50.8 Å². The van der Waals surface area contributed by atoms with E-state index in [1.807, 2.05) is 31.2 Å². The summed E-state index contributed by atoms with van der Waals surface area (Å²) in [5.41, 5.74) is 1.89. The molecule has 2 atom stereocenters. The van der Waals surface area contributed by atoms with Crippen molar-refractivity contribution in [3.05, 3.63) is 58.6 Å². The van der Waals surface area contributed by atoms with Crippen LogP contribution in [0, 0.1) is 6.92 Å². The van der Waals surface area contributed by atoms with Crippen molar-refractivity contribution in [1.82, 2.24) is 5.32 Å². The Balaban J connectivity index is 1.76. The van der Waals surface area contributed by atoms with E-state index < -0.39 is 0 Å². The Hall–Kier alpha value is -1.65. The van der Waals surface area contributed by atoms with Gasteiger partial charge in [-0.1, -0.05) is 30.7 Å². The quantitative estimate of drug-likeness (QED) is 0.628. The van der Waals surface area contributed by atoms with Gasteiger partial charge < -0.3 is 10.1 Å². The maximum Gasteiger partial charge on any atom is 0.233 e. The van der Waals surface area contributed by atoms with Gasteiger partial charge in [0, 0.05) is 21.9 Å². The molecule has 2 aromatic carbocycles. The molecule has 0 saturated heterocycles. The Morgan fingerprint density at radius 1 is 1.30 bits per heavy atom. The van der Waals surface area contributed by atoms with Crippen LogP contribution in [0.25, 0.3) is 0 Å². The van der Waals surface area contributed by atoms with E-state index in [1.165, 1.54) is 0 Å². The van der Waals surface area contributed by atoms with Gasteiger partial charge in [0.25, 0.3) is 0 Å². The molecule has 27 heavy (non-hydrogen) atoms. The molecule has 1 amide bonds. The van der Waals surface area contributed by atoms with Crippen molar-refractivity contribution >= 4 is 29.3 Å². The molecule has 0 unspecified atom stereocenters. The lowest BCUT2D eigenvalue weighted by molar-refractivity contribution is -0.121. The van der Waals surface area contributed by atoms with Crippen LogP contribution in [0.4, 0.5) is 0 Å². The lowest BCUT2D eigenvalue weighted by Crippen LogP contribution is -2.43. The number of thioether (sulfide) groups is 1. The minimum absolute atomic E-state index is 0.0447. The van der Waals surface area contributed by atoms with Crippen LogP contribution in [0.15, 0.2) is 47.4 Å². The number of hydrogen-bond acceptors (Lipinski definition) is 3. The molecule has 0 radical (unpaired) electrons. The molecule has 0 aromatic heterocycles. The minimum Gasteiger partial charge on any atom is -0.487 e. The van der Waals surface area contributed by atoms with Gasteiger partial charge in [-0.15, -0.1) is 11.8 Å². The molecule has 0 fully saturated rings. The zero-order valence-electron chi connectivity index (χ0n) is 16.2. The second kappa shape index (κ2) is 8.15. The van der Waals surface area contributed by atoms with E-state index in [9.17, 15) is 4.79 Å². The van der Waals surface area contributed by atoms with Crippen LogP contribution in [0.5, 0.6) is 5.75 Å². The monoisotopic (exact) mass is 403 g/mol. The van der Waals surface area contributed by atoms with Crippen molar-refractivity contribution in [3.8, 4) is 5.75 Å². The molecule has 144 valence electrons. The fourth-order valence-electron chi connectivity index (χ4n) is 3.35. The minimum atomic E-state index is -0.316. The van der Waals surface area contributed by atoms with Crippen LogP contribution in [-0.4, -0.2) is 16.8 Å². The maximum atomic E-state index is 13.0. The Labute approximate surface area is 170 Å². The summed E-state index contributed by atoms with van der Waals surface area (Å²) in [6.07, 6.45) is 1.50. The summed E-state index contributed by atoms with van der Waals surface area (Å²) >= 11 is 7.53. The number of halogens is 1. The van der Waals surface area contributed by atoms with Gasteiger partial charge in [-0.05, 0) is 63.1 Å². The zero-order chi connectivity index (χ0) is 19.6. The summed E-state index contributed by atoms with van der Waals surface area (Å²) in [5, 5.41) is 3.82. The number of benzene rings is 2. The number of rotatable bonds is 5. The van der Waals surface area contributed by atoms with Gasteiger partial charge in [0.1, 0.15) is 11.4 Å². The van der Waals surface area contributed by atoms with E-state index in [0.29, 0.717) is 5.02 Å². The summed E-state index contributed by atoms with van der Waals surface area (Å²) in [5.74, 6) is 0.932. The van der Waals surface area contributed by atoms with Gasteiger partial charge in [-0.2, -0.15) is 0 Å². The van der Waals surface area contributed by atoms with Gasteiger partial charge in [0.05, 0.1) is 11.3 Å². The van der Waals surface area contributed by atoms with E-state index in [4.69, 9.17) is 16.3 Å². The molecule has 0 saturated carbocycles. The molecule has 1 aliphatic rings. The number of hydrogen-bond donors (Lipinski definition) is 1. The van der Waals surface area contributed by atoms with Crippen LogP contribution < -0.4 is 10.1 Å². The van der Waals surface area contributed by atoms with Crippen molar-refractivity contribution in [2.75, 3.05) is 0 Å². The average Bonchev–Trinajstić information content (AvgIpc) is 2.59. The molecule has 0 aliphatic carbocycles. The zero-order valence-corrected chi connectivity index (χ0v) is 17.8. The smallest absolute Gasteiger partial charge is 0.233 e. The first-order valence-electron chi connectivity index (χ1n) is 9.29. The predicted octanol–water partition coefficient (Wildman–Crippen LogP) is 5.94. The van der Waals surface area contributed by atoms with Crippen molar-refractivity contribution in [3.63, 3.8) is 0 Å². The first-order valence-corrected chi connectivity index (χ1v) is 10.6. The van der Waals surface area contributed by atoms with Crippen molar-refractivity contribution in [1.29, 1.82) is 0 Å². The number of carbonyl (C=O) groups is 1. The second-order valence-corrected chi connectivity index (χ2v) is 9.35. The highest BCUT2D eigenvalue weighted by atomic mass is 35.5. The highest BCUT2D eigenvalue weighted by Gasteiger charge is 2.35. The normalized spacial score (nSPS) is 18.9. The lowest BCUT2D eigenvalue weighted by atomic mass is 9.89. The number of fused-ring (bicyclic) bond motifs is 1. The highest BCUT2D eigenvalue weighted by Crippen LogP contribution is 2.40. The molecule has 5 heteroatoms. The Bertz CT molecular complexity index is 820. The van der Waals surface area contributed by atoms with Crippen molar-refractivity contribution in [2.24, 2.45) is 0 Å². The molecule has 3 rings (SSSR count). The number of ether oxygens (including phenoxy) is 1. The highest BCUT2D eigenvalue weighted by molar-refractivity contribution is 8.00. The topological polar surface area (TPSA) is 38.3 Å². The van der Waals surface area contributed by atoms with Crippen LogP contribution in [-0.2, 0) is 4.79 Å². The summed E-state index contributed by atoms with van der Waals surface area (Å²) in [4.78, 5) is 14.0. The Morgan fingerprint density at radius 2 is 2.00 bits per heavy atom. The molecule has 0 spiro atoms. The van der Waals surface area contributed by atoms with E-state index in [-0.39, 0.29) is 22.8 Å². The fraction of sp³-hybridized carbons (Fsp3) is 0.409. The third-order valence-corrected chi connectivity index (χ3v) is 6.33. The second-order valence-electron chi connectivity index (χ2n) is 7.64. The van der Waals surface area contributed by atoms with Gasteiger partial charge in [-0.3, -0.25) is 4.79 Å². The number of amides is 1. The SMILES string of the molecule is CC[C@H](Sc1ccc(Cl)cc1)C(=O)N[C@@H]1CC(C)(C)Oc2cc(C)ccc21. The fourth-order valence-corrected chi connectivity index (χ4v) is 4.44. The van der Waals surface area contributed by atoms with Gasteiger partial charge in [0.15, 0.2) is 0 Å². The molecule has 3 nitrogen and oxygen atoms in total. The van der Waals surface area contributed by atoms with Gasteiger partial charge in [0.2, 0.25) is 5.91 Å².